The number of aromatic nitrogens is 2. The standard InChI is InChI=1S/C14H15N3O2/c1-9-6-4-5-7-10(9)12-15-8-11(14(18)19)13(16-12)17(2)3/h4-8H,1-3H3,(H,18,19). The molecule has 0 radical (unpaired) electrons. The number of carboxylic acids is 1. The van der Waals surface area contributed by atoms with E-state index in [0.29, 0.717) is 11.6 Å². The third-order valence-electron chi connectivity index (χ3n) is 2.81. The second-order valence-corrected chi connectivity index (χ2v) is 4.45. The zero-order valence-corrected chi connectivity index (χ0v) is 11.1. The number of rotatable bonds is 3. The van der Waals surface area contributed by atoms with Crippen molar-refractivity contribution in [3.05, 3.63) is 41.6 Å². The lowest BCUT2D eigenvalue weighted by atomic mass is 10.1. The van der Waals surface area contributed by atoms with E-state index >= 15 is 0 Å². The minimum atomic E-state index is -1.03. The number of carboxylic acid groups (broad SMARTS) is 1. The second-order valence-electron chi connectivity index (χ2n) is 4.45. The Morgan fingerprint density at radius 1 is 1.26 bits per heavy atom. The Morgan fingerprint density at radius 2 is 1.95 bits per heavy atom. The molecule has 0 atom stereocenters. The SMILES string of the molecule is Cc1ccccc1-c1ncc(C(=O)O)c(N(C)C)n1. The van der Waals surface area contributed by atoms with Gasteiger partial charge in [-0.2, -0.15) is 0 Å². The van der Waals surface area contributed by atoms with Gasteiger partial charge in [0.05, 0.1) is 0 Å². The summed E-state index contributed by atoms with van der Waals surface area (Å²) in [6.45, 7) is 1.97. The molecule has 1 aromatic heterocycles. The number of aryl methyl sites for hydroxylation is 1. The summed E-state index contributed by atoms with van der Waals surface area (Å²) >= 11 is 0. The van der Waals surface area contributed by atoms with E-state index in [4.69, 9.17) is 5.11 Å². The van der Waals surface area contributed by atoms with E-state index in [-0.39, 0.29) is 5.56 Å². The first-order valence-corrected chi connectivity index (χ1v) is 5.84. The van der Waals surface area contributed by atoms with Gasteiger partial charge in [0.1, 0.15) is 11.4 Å². The summed E-state index contributed by atoms with van der Waals surface area (Å²) in [5.74, 6) is -0.0902. The highest BCUT2D eigenvalue weighted by molar-refractivity contribution is 5.93. The highest BCUT2D eigenvalue weighted by atomic mass is 16.4. The number of carbonyl (C=O) groups is 1. The number of benzene rings is 1. The Bertz CT molecular complexity index is 624. The number of hydrogen-bond acceptors (Lipinski definition) is 4. The molecule has 0 bridgehead atoms. The van der Waals surface area contributed by atoms with Gasteiger partial charge >= 0.3 is 5.97 Å². The molecule has 1 N–H and O–H groups in total. The van der Waals surface area contributed by atoms with Gasteiger partial charge in [-0.25, -0.2) is 14.8 Å². The van der Waals surface area contributed by atoms with E-state index in [0.717, 1.165) is 11.1 Å². The van der Waals surface area contributed by atoms with Crippen LogP contribution < -0.4 is 4.90 Å². The summed E-state index contributed by atoms with van der Waals surface area (Å²) in [4.78, 5) is 21.3. The highest BCUT2D eigenvalue weighted by Crippen LogP contribution is 2.23. The molecule has 98 valence electrons. The summed E-state index contributed by atoms with van der Waals surface area (Å²) in [6.07, 6.45) is 1.35. The van der Waals surface area contributed by atoms with Gasteiger partial charge in [0, 0.05) is 25.9 Å². The van der Waals surface area contributed by atoms with E-state index in [2.05, 4.69) is 9.97 Å². The molecule has 0 aliphatic carbocycles. The smallest absolute Gasteiger partial charge is 0.341 e. The molecule has 1 aromatic carbocycles. The average Bonchev–Trinajstić information content (AvgIpc) is 2.38. The largest absolute Gasteiger partial charge is 0.477 e. The molecule has 1 heterocycles. The molecule has 19 heavy (non-hydrogen) atoms. The lowest BCUT2D eigenvalue weighted by Gasteiger charge is -2.15. The summed E-state index contributed by atoms with van der Waals surface area (Å²) in [7, 11) is 3.52. The summed E-state index contributed by atoms with van der Waals surface area (Å²) in [5, 5.41) is 9.12. The van der Waals surface area contributed by atoms with Crippen molar-refractivity contribution in [2.24, 2.45) is 0 Å². The lowest BCUT2D eigenvalue weighted by Crippen LogP contribution is -2.16. The number of aromatic carboxylic acids is 1. The van der Waals surface area contributed by atoms with Crippen molar-refractivity contribution >= 4 is 11.8 Å². The maximum absolute atomic E-state index is 11.1. The highest BCUT2D eigenvalue weighted by Gasteiger charge is 2.16. The van der Waals surface area contributed by atoms with Crippen LogP contribution in [0.25, 0.3) is 11.4 Å². The molecule has 5 nitrogen and oxygen atoms in total. The Balaban J connectivity index is 2.59. The molecular formula is C14H15N3O2. The first-order chi connectivity index (χ1) is 9.00. The lowest BCUT2D eigenvalue weighted by molar-refractivity contribution is 0.0697. The summed E-state index contributed by atoms with van der Waals surface area (Å²) in [6, 6.07) is 7.74. The Hall–Kier alpha value is -2.43. The number of hydrogen-bond donors (Lipinski definition) is 1. The van der Waals surface area contributed by atoms with Crippen LogP contribution in [0.1, 0.15) is 15.9 Å². The molecule has 0 unspecified atom stereocenters. The van der Waals surface area contributed by atoms with Crippen LogP contribution in [0, 0.1) is 6.92 Å². The van der Waals surface area contributed by atoms with Crippen molar-refractivity contribution in [1.29, 1.82) is 0 Å². The monoisotopic (exact) mass is 257 g/mol. The quantitative estimate of drug-likeness (QED) is 0.913. The van der Waals surface area contributed by atoms with Crippen molar-refractivity contribution in [3.8, 4) is 11.4 Å². The van der Waals surface area contributed by atoms with Crippen LogP contribution in [-0.4, -0.2) is 35.1 Å². The Morgan fingerprint density at radius 3 is 2.53 bits per heavy atom. The molecular weight excluding hydrogens is 242 g/mol. The zero-order chi connectivity index (χ0) is 14.0. The molecule has 0 aliphatic heterocycles. The second kappa shape index (κ2) is 5.06. The molecule has 2 rings (SSSR count). The summed E-state index contributed by atoms with van der Waals surface area (Å²) < 4.78 is 0. The average molecular weight is 257 g/mol. The molecule has 0 saturated carbocycles. The van der Waals surface area contributed by atoms with Crippen LogP contribution in [0.4, 0.5) is 5.82 Å². The van der Waals surface area contributed by atoms with Gasteiger partial charge in [-0.15, -0.1) is 0 Å². The maximum atomic E-state index is 11.1. The molecule has 0 saturated heterocycles. The van der Waals surface area contributed by atoms with E-state index < -0.39 is 5.97 Å². The van der Waals surface area contributed by atoms with E-state index in [1.54, 1.807) is 19.0 Å². The van der Waals surface area contributed by atoms with Crippen molar-refractivity contribution < 1.29 is 9.90 Å². The van der Waals surface area contributed by atoms with Crippen molar-refractivity contribution in [2.45, 2.75) is 6.92 Å². The summed E-state index contributed by atoms with van der Waals surface area (Å²) in [5.41, 5.74) is 2.06. The van der Waals surface area contributed by atoms with Gasteiger partial charge in [0.15, 0.2) is 5.82 Å². The van der Waals surface area contributed by atoms with Gasteiger partial charge < -0.3 is 10.0 Å². The topological polar surface area (TPSA) is 66.3 Å². The minimum absolute atomic E-state index is 0.0994. The van der Waals surface area contributed by atoms with Crippen molar-refractivity contribution in [1.82, 2.24) is 9.97 Å². The number of anilines is 1. The molecule has 5 heteroatoms. The molecule has 0 aliphatic rings. The fourth-order valence-electron chi connectivity index (χ4n) is 1.82. The third kappa shape index (κ3) is 2.54. The van der Waals surface area contributed by atoms with Crippen LogP contribution >= 0.6 is 0 Å². The van der Waals surface area contributed by atoms with E-state index in [9.17, 15) is 4.79 Å². The van der Waals surface area contributed by atoms with Gasteiger partial charge in [-0.3, -0.25) is 0 Å². The van der Waals surface area contributed by atoms with Crippen LogP contribution in [0.5, 0.6) is 0 Å². The minimum Gasteiger partial charge on any atom is -0.477 e. The zero-order valence-electron chi connectivity index (χ0n) is 11.1. The van der Waals surface area contributed by atoms with Gasteiger partial charge in [0.2, 0.25) is 0 Å². The van der Waals surface area contributed by atoms with Crippen LogP contribution in [0.2, 0.25) is 0 Å². The van der Waals surface area contributed by atoms with E-state index in [1.165, 1.54) is 6.20 Å². The molecule has 0 spiro atoms. The molecule has 0 fully saturated rings. The predicted octanol–water partition coefficient (Wildman–Crippen LogP) is 2.22. The fraction of sp³-hybridized carbons (Fsp3) is 0.214. The fourth-order valence-corrected chi connectivity index (χ4v) is 1.82. The van der Waals surface area contributed by atoms with Gasteiger partial charge in [-0.05, 0) is 12.5 Å². The molecule has 2 aromatic rings. The van der Waals surface area contributed by atoms with Gasteiger partial charge in [0.25, 0.3) is 0 Å². The van der Waals surface area contributed by atoms with Crippen LogP contribution in [0.15, 0.2) is 30.5 Å². The maximum Gasteiger partial charge on any atom is 0.341 e. The number of nitrogens with zero attached hydrogens (tertiary/aromatic N) is 3. The van der Waals surface area contributed by atoms with Crippen LogP contribution in [0.3, 0.4) is 0 Å². The van der Waals surface area contributed by atoms with Crippen LogP contribution in [-0.2, 0) is 0 Å². The third-order valence-corrected chi connectivity index (χ3v) is 2.81. The van der Waals surface area contributed by atoms with Gasteiger partial charge in [-0.1, -0.05) is 24.3 Å². The van der Waals surface area contributed by atoms with Crippen molar-refractivity contribution in [2.75, 3.05) is 19.0 Å². The predicted molar refractivity (Wildman–Crippen MR) is 73.5 cm³/mol. The van der Waals surface area contributed by atoms with Crippen molar-refractivity contribution in [3.63, 3.8) is 0 Å². The Kier molecular flexibility index (Phi) is 3.46. The first kappa shape index (κ1) is 13.0. The normalized spacial score (nSPS) is 10.3. The van der Waals surface area contributed by atoms with E-state index in [1.807, 2.05) is 31.2 Å². The molecule has 0 amide bonds. The first-order valence-electron chi connectivity index (χ1n) is 5.84. The Labute approximate surface area is 111 Å².